The number of rotatable bonds is 15. The number of hydrogen-bond acceptors (Lipinski definition) is 4. The molecule has 2 aliphatic rings. The lowest BCUT2D eigenvalue weighted by atomic mass is 9.85. The number of thiol groups is 2. The van der Waals surface area contributed by atoms with Gasteiger partial charge in [0.1, 0.15) is 0 Å². The lowest BCUT2D eigenvalue weighted by Crippen LogP contribution is -2.40. The molecule has 0 bridgehead atoms. The summed E-state index contributed by atoms with van der Waals surface area (Å²) in [6.07, 6.45) is 9.75. The maximum Gasteiger partial charge on any atom is 0.321 e. The van der Waals surface area contributed by atoms with Crippen molar-refractivity contribution in [2.24, 2.45) is 10.8 Å². The summed E-state index contributed by atoms with van der Waals surface area (Å²) < 4.78 is 0. The highest BCUT2D eigenvalue weighted by molar-refractivity contribution is 7.81. The van der Waals surface area contributed by atoms with Crippen molar-refractivity contribution in [2.75, 3.05) is 39.3 Å². The van der Waals surface area contributed by atoms with E-state index >= 15 is 0 Å². The second-order valence-electron chi connectivity index (χ2n) is 11.8. The first-order chi connectivity index (χ1) is 15.9. The number of amides is 4. The fraction of sp³-hybridized carbons (Fsp3) is 0.923. The molecule has 2 saturated heterocycles. The fourth-order valence-electron chi connectivity index (χ4n) is 5.24. The van der Waals surface area contributed by atoms with Gasteiger partial charge in [0.05, 0.1) is 23.8 Å². The third-order valence-electron chi connectivity index (χ3n) is 7.44. The van der Waals surface area contributed by atoms with Gasteiger partial charge in [0.15, 0.2) is 0 Å². The lowest BCUT2D eigenvalue weighted by molar-refractivity contribution is 0.163. The Bertz CT molecular complexity index is 617. The minimum Gasteiger partial charge on any atom is -0.322 e. The molecule has 0 aromatic heterocycles. The largest absolute Gasteiger partial charge is 0.322 e. The van der Waals surface area contributed by atoms with E-state index in [1.54, 1.807) is 0 Å². The fourth-order valence-corrected chi connectivity index (χ4v) is 5.99. The van der Waals surface area contributed by atoms with Crippen LogP contribution in [-0.4, -0.2) is 81.7 Å². The number of unbranched alkanes of at least 4 members (excludes halogenated alkanes) is 5. The van der Waals surface area contributed by atoms with E-state index in [2.05, 4.69) is 53.0 Å². The van der Waals surface area contributed by atoms with E-state index in [9.17, 15) is 9.59 Å². The standard InChI is InChI=1S/C26H50N4O2S2/c1-7-27-17-21(33)29(23(27)31)19-25(3,4)15-13-11-9-10-12-14-16-26(5,6)20-30-22(34)18-28(8-2)24(30)32/h21-22,33-34H,7-20H2,1-6H3. The normalized spacial score (nSPS) is 22.0. The Kier molecular flexibility index (Phi) is 11.2. The highest BCUT2D eigenvalue weighted by Gasteiger charge is 2.38. The molecule has 4 amide bonds. The Morgan fingerprint density at radius 3 is 1.29 bits per heavy atom. The first-order valence-corrected chi connectivity index (χ1v) is 14.4. The molecule has 0 aromatic rings. The summed E-state index contributed by atoms with van der Waals surface area (Å²) in [5.41, 5.74) is 0.241. The smallest absolute Gasteiger partial charge is 0.321 e. The predicted molar refractivity (Wildman–Crippen MR) is 149 cm³/mol. The van der Waals surface area contributed by atoms with E-state index in [0.29, 0.717) is 0 Å². The molecule has 2 unspecified atom stereocenters. The summed E-state index contributed by atoms with van der Waals surface area (Å²) in [6, 6.07) is 0.278. The van der Waals surface area contributed by atoms with Gasteiger partial charge in [0.2, 0.25) is 0 Å². The average Bonchev–Trinajstić information content (AvgIpc) is 3.19. The van der Waals surface area contributed by atoms with E-state index in [4.69, 9.17) is 0 Å². The minimum absolute atomic E-state index is 0.0174. The van der Waals surface area contributed by atoms with Crippen molar-refractivity contribution in [3.8, 4) is 0 Å². The van der Waals surface area contributed by atoms with Crippen LogP contribution < -0.4 is 0 Å². The molecule has 2 aliphatic heterocycles. The highest BCUT2D eigenvalue weighted by atomic mass is 32.1. The lowest BCUT2D eigenvalue weighted by Gasteiger charge is -2.32. The van der Waals surface area contributed by atoms with E-state index in [1.165, 1.54) is 38.5 Å². The molecule has 0 aliphatic carbocycles. The van der Waals surface area contributed by atoms with Crippen molar-refractivity contribution in [1.82, 2.24) is 19.6 Å². The summed E-state index contributed by atoms with van der Waals surface area (Å²) >= 11 is 9.27. The molecule has 6 nitrogen and oxygen atoms in total. The number of carbonyl (C=O) groups excluding carboxylic acids is 2. The number of urea groups is 2. The van der Waals surface area contributed by atoms with Gasteiger partial charge in [-0.2, -0.15) is 25.3 Å². The van der Waals surface area contributed by atoms with Crippen LogP contribution in [0.1, 0.15) is 92.9 Å². The zero-order valence-electron chi connectivity index (χ0n) is 22.6. The third kappa shape index (κ3) is 8.42. The minimum atomic E-state index is 0.0174. The molecule has 0 radical (unpaired) electrons. The molecule has 0 saturated carbocycles. The Morgan fingerprint density at radius 2 is 1.00 bits per heavy atom. The van der Waals surface area contributed by atoms with Crippen LogP contribution in [-0.2, 0) is 0 Å². The van der Waals surface area contributed by atoms with E-state index < -0.39 is 0 Å². The van der Waals surface area contributed by atoms with Gasteiger partial charge in [-0.25, -0.2) is 9.59 Å². The number of likely N-dealkylation sites (N-methyl/N-ethyl adjacent to an activating group) is 2. The Morgan fingerprint density at radius 1 is 0.676 bits per heavy atom. The highest BCUT2D eigenvalue weighted by Crippen LogP contribution is 2.31. The number of hydrogen-bond donors (Lipinski definition) is 2. The van der Waals surface area contributed by atoms with Crippen molar-refractivity contribution < 1.29 is 9.59 Å². The van der Waals surface area contributed by atoms with E-state index in [1.807, 2.05) is 33.4 Å². The van der Waals surface area contributed by atoms with Gasteiger partial charge in [0.25, 0.3) is 0 Å². The maximum atomic E-state index is 12.5. The third-order valence-corrected chi connectivity index (χ3v) is 8.32. The topological polar surface area (TPSA) is 47.1 Å². The molecule has 2 rings (SSSR count). The average molecular weight is 515 g/mol. The summed E-state index contributed by atoms with van der Waals surface area (Å²) in [5, 5.41) is 0.0348. The second kappa shape index (κ2) is 13.0. The van der Waals surface area contributed by atoms with Crippen molar-refractivity contribution in [3.05, 3.63) is 0 Å². The molecule has 2 atom stereocenters. The van der Waals surface area contributed by atoms with E-state index in [0.717, 1.165) is 52.1 Å². The van der Waals surface area contributed by atoms with Gasteiger partial charge >= 0.3 is 12.1 Å². The quantitative estimate of drug-likeness (QED) is 0.202. The number of carbonyl (C=O) groups is 2. The summed E-state index contributed by atoms with van der Waals surface area (Å²) in [4.78, 5) is 32.7. The molecular formula is C26H50N4O2S2. The molecule has 0 spiro atoms. The van der Waals surface area contributed by atoms with Gasteiger partial charge in [-0.05, 0) is 37.5 Å². The Balaban J connectivity index is 1.58. The van der Waals surface area contributed by atoms with Crippen molar-refractivity contribution in [1.29, 1.82) is 0 Å². The Labute approximate surface area is 220 Å². The molecule has 2 heterocycles. The molecule has 198 valence electrons. The van der Waals surface area contributed by atoms with Crippen LogP contribution in [0.4, 0.5) is 9.59 Å². The summed E-state index contributed by atoms with van der Waals surface area (Å²) in [6.45, 7) is 17.7. The van der Waals surface area contributed by atoms with E-state index in [-0.39, 0.29) is 33.6 Å². The van der Waals surface area contributed by atoms with Crippen LogP contribution >= 0.6 is 25.3 Å². The van der Waals surface area contributed by atoms with Gasteiger partial charge in [-0.15, -0.1) is 0 Å². The van der Waals surface area contributed by atoms with Crippen LogP contribution in [0.15, 0.2) is 0 Å². The zero-order valence-corrected chi connectivity index (χ0v) is 24.3. The van der Waals surface area contributed by atoms with Crippen LogP contribution in [0.2, 0.25) is 0 Å². The van der Waals surface area contributed by atoms with Crippen LogP contribution in [0.3, 0.4) is 0 Å². The van der Waals surface area contributed by atoms with Crippen molar-refractivity contribution in [2.45, 2.75) is 104 Å². The van der Waals surface area contributed by atoms with Gasteiger partial charge in [-0.1, -0.05) is 66.2 Å². The van der Waals surface area contributed by atoms with Gasteiger partial charge in [-0.3, -0.25) is 0 Å². The monoisotopic (exact) mass is 514 g/mol. The van der Waals surface area contributed by atoms with Crippen LogP contribution in [0.25, 0.3) is 0 Å². The van der Waals surface area contributed by atoms with Gasteiger partial charge in [0, 0.05) is 26.2 Å². The molecule has 34 heavy (non-hydrogen) atoms. The van der Waals surface area contributed by atoms with Crippen molar-refractivity contribution in [3.63, 3.8) is 0 Å². The molecule has 2 fully saturated rings. The summed E-state index contributed by atoms with van der Waals surface area (Å²) in [7, 11) is 0. The first-order valence-electron chi connectivity index (χ1n) is 13.4. The predicted octanol–water partition coefficient (Wildman–Crippen LogP) is 6.19. The van der Waals surface area contributed by atoms with Crippen LogP contribution in [0.5, 0.6) is 0 Å². The molecule has 0 N–H and O–H groups in total. The SMILES string of the molecule is CCN1CC(S)N(CC(C)(C)CCCCCCCCC(C)(C)CN2C(=O)N(CC)CC2S)C1=O. The van der Waals surface area contributed by atoms with Crippen molar-refractivity contribution >= 4 is 37.3 Å². The maximum absolute atomic E-state index is 12.5. The van der Waals surface area contributed by atoms with Gasteiger partial charge < -0.3 is 19.6 Å². The molecule has 0 aromatic carbocycles. The summed E-state index contributed by atoms with van der Waals surface area (Å²) in [5.74, 6) is 0. The Hall–Kier alpha value is -0.760. The number of nitrogens with zero attached hydrogens (tertiary/aromatic N) is 4. The second-order valence-corrected chi connectivity index (χ2v) is 13.0. The molecular weight excluding hydrogens is 464 g/mol. The first kappa shape index (κ1) is 29.5. The zero-order chi connectivity index (χ0) is 25.5. The molecule has 8 heteroatoms. The van der Waals surface area contributed by atoms with Crippen LogP contribution in [0, 0.1) is 10.8 Å².